The molecule has 2 heterocycles. The van der Waals surface area contributed by atoms with Crippen LogP contribution in [0.2, 0.25) is 0 Å². The average Bonchev–Trinajstić information content (AvgIpc) is 3.25. The number of likely N-dealkylation sites (N-methyl/N-ethyl adjacent to an activating group) is 1. The van der Waals surface area contributed by atoms with Crippen LogP contribution >= 0.6 is 11.3 Å². The van der Waals surface area contributed by atoms with E-state index in [0.29, 0.717) is 17.2 Å². The molecule has 34 heavy (non-hydrogen) atoms. The SMILES string of the molecule is CCCCCOc1ccc(Nc2nc(-c3cncc(CC(=O)N(C)C)c3)cs2)cc1C(F)(F)F. The minimum atomic E-state index is -4.54. The van der Waals surface area contributed by atoms with Gasteiger partial charge in [0, 0.05) is 43.1 Å². The van der Waals surface area contributed by atoms with E-state index >= 15 is 0 Å². The summed E-state index contributed by atoms with van der Waals surface area (Å²) in [5.74, 6) is -0.220. The highest BCUT2D eigenvalue weighted by atomic mass is 32.1. The summed E-state index contributed by atoms with van der Waals surface area (Å²) >= 11 is 1.26. The molecule has 0 aliphatic carbocycles. The van der Waals surface area contributed by atoms with Crippen LogP contribution < -0.4 is 10.1 Å². The molecule has 0 aliphatic heterocycles. The zero-order valence-corrected chi connectivity index (χ0v) is 20.1. The van der Waals surface area contributed by atoms with Gasteiger partial charge in [-0.25, -0.2) is 4.98 Å². The number of nitrogens with one attached hydrogen (secondary N) is 1. The first-order chi connectivity index (χ1) is 16.2. The van der Waals surface area contributed by atoms with Gasteiger partial charge in [-0.05, 0) is 36.2 Å². The van der Waals surface area contributed by atoms with Crippen LogP contribution in [0.3, 0.4) is 0 Å². The molecule has 0 bridgehead atoms. The first-order valence-electron chi connectivity index (χ1n) is 10.9. The van der Waals surface area contributed by atoms with E-state index in [9.17, 15) is 18.0 Å². The normalized spacial score (nSPS) is 11.4. The Kier molecular flexibility index (Phi) is 8.49. The highest BCUT2D eigenvalue weighted by Gasteiger charge is 2.34. The molecule has 1 aromatic carbocycles. The van der Waals surface area contributed by atoms with E-state index in [1.54, 1.807) is 37.9 Å². The quantitative estimate of drug-likeness (QED) is 0.343. The number of halogens is 3. The number of hydrogen-bond acceptors (Lipinski definition) is 6. The average molecular weight is 493 g/mol. The second kappa shape index (κ2) is 11.3. The summed E-state index contributed by atoms with van der Waals surface area (Å²) in [6.07, 6.45) is 1.50. The maximum atomic E-state index is 13.6. The summed E-state index contributed by atoms with van der Waals surface area (Å²) in [7, 11) is 3.38. The minimum Gasteiger partial charge on any atom is -0.493 e. The molecule has 182 valence electrons. The van der Waals surface area contributed by atoms with Gasteiger partial charge in [0.2, 0.25) is 5.91 Å². The summed E-state index contributed by atoms with van der Waals surface area (Å²) in [6.45, 7) is 2.26. The van der Waals surface area contributed by atoms with Gasteiger partial charge in [-0.3, -0.25) is 9.78 Å². The lowest BCUT2D eigenvalue weighted by molar-refractivity contribution is -0.139. The van der Waals surface area contributed by atoms with Gasteiger partial charge in [0.15, 0.2) is 5.13 Å². The van der Waals surface area contributed by atoms with Crippen LogP contribution in [0, 0.1) is 0 Å². The van der Waals surface area contributed by atoms with Crippen molar-refractivity contribution < 1.29 is 22.7 Å². The number of amides is 1. The molecule has 2 aromatic heterocycles. The Morgan fingerprint density at radius 3 is 2.68 bits per heavy atom. The molecule has 1 amide bonds. The number of unbranched alkanes of at least 4 members (excludes halogenated alkanes) is 2. The lowest BCUT2D eigenvalue weighted by Crippen LogP contribution is -2.23. The van der Waals surface area contributed by atoms with Crippen LogP contribution in [0.25, 0.3) is 11.3 Å². The van der Waals surface area contributed by atoms with E-state index in [4.69, 9.17) is 4.74 Å². The molecule has 0 saturated carbocycles. The van der Waals surface area contributed by atoms with Crippen molar-refractivity contribution in [3.8, 4) is 17.0 Å². The van der Waals surface area contributed by atoms with Crippen molar-refractivity contribution in [2.24, 2.45) is 0 Å². The Morgan fingerprint density at radius 1 is 1.18 bits per heavy atom. The summed E-state index contributed by atoms with van der Waals surface area (Å²) in [4.78, 5) is 22.1. The summed E-state index contributed by atoms with van der Waals surface area (Å²) < 4.78 is 46.2. The topological polar surface area (TPSA) is 67.3 Å². The van der Waals surface area contributed by atoms with Crippen molar-refractivity contribution >= 4 is 28.1 Å². The molecule has 0 aliphatic rings. The van der Waals surface area contributed by atoms with Crippen molar-refractivity contribution in [1.29, 1.82) is 0 Å². The second-order valence-electron chi connectivity index (χ2n) is 7.97. The van der Waals surface area contributed by atoms with Gasteiger partial charge < -0.3 is 15.0 Å². The molecule has 1 N–H and O–H groups in total. The molecule has 3 rings (SSSR count). The smallest absolute Gasteiger partial charge is 0.420 e. The summed E-state index contributed by atoms with van der Waals surface area (Å²) in [5.41, 5.74) is 1.53. The third-order valence-corrected chi connectivity index (χ3v) is 5.75. The fourth-order valence-corrected chi connectivity index (χ4v) is 3.87. The third-order valence-electron chi connectivity index (χ3n) is 4.99. The predicted octanol–water partition coefficient (Wildman–Crippen LogP) is 6.17. The van der Waals surface area contributed by atoms with Crippen molar-refractivity contribution in [3.05, 3.63) is 53.2 Å². The molecule has 0 saturated heterocycles. The molecule has 10 heteroatoms. The molecule has 3 aromatic rings. The van der Waals surface area contributed by atoms with Gasteiger partial charge in [0.25, 0.3) is 0 Å². The van der Waals surface area contributed by atoms with Gasteiger partial charge >= 0.3 is 6.18 Å². The highest BCUT2D eigenvalue weighted by molar-refractivity contribution is 7.14. The molecular formula is C24H27F3N4O2S. The van der Waals surface area contributed by atoms with Crippen LogP contribution in [0.5, 0.6) is 5.75 Å². The Hall–Kier alpha value is -3.14. The number of nitrogens with zero attached hydrogens (tertiary/aromatic N) is 3. The molecule has 0 fully saturated rings. The van der Waals surface area contributed by atoms with Gasteiger partial charge in [0.1, 0.15) is 5.75 Å². The van der Waals surface area contributed by atoms with E-state index in [0.717, 1.165) is 30.0 Å². The Bertz CT molecular complexity index is 1120. The predicted molar refractivity (Wildman–Crippen MR) is 127 cm³/mol. The van der Waals surface area contributed by atoms with Crippen molar-refractivity contribution in [1.82, 2.24) is 14.9 Å². The van der Waals surface area contributed by atoms with Gasteiger partial charge in [-0.1, -0.05) is 19.8 Å². The van der Waals surface area contributed by atoms with E-state index in [2.05, 4.69) is 15.3 Å². The first kappa shape index (κ1) is 25.5. The number of alkyl halides is 3. The van der Waals surface area contributed by atoms with E-state index in [-0.39, 0.29) is 30.4 Å². The number of ether oxygens (including phenoxy) is 1. The summed E-state index contributed by atoms with van der Waals surface area (Å²) in [6, 6.07) is 5.74. The van der Waals surface area contributed by atoms with Gasteiger partial charge in [-0.2, -0.15) is 13.2 Å². The Morgan fingerprint density at radius 2 is 1.97 bits per heavy atom. The maximum Gasteiger partial charge on any atom is 0.420 e. The number of carbonyl (C=O) groups excluding carboxylic acids is 1. The van der Waals surface area contributed by atoms with Crippen molar-refractivity contribution in [3.63, 3.8) is 0 Å². The molecule has 0 spiro atoms. The lowest BCUT2D eigenvalue weighted by Gasteiger charge is -2.15. The van der Waals surface area contributed by atoms with E-state index in [1.165, 1.54) is 22.3 Å². The number of pyridine rings is 1. The Balaban J connectivity index is 1.75. The van der Waals surface area contributed by atoms with Crippen LogP contribution in [0.4, 0.5) is 24.0 Å². The largest absolute Gasteiger partial charge is 0.493 e. The highest BCUT2D eigenvalue weighted by Crippen LogP contribution is 2.39. The number of benzene rings is 1. The van der Waals surface area contributed by atoms with E-state index in [1.807, 2.05) is 13.0 Å². The number of hydrogen-bond donors (Lipinski definition) is 1. The molecule has 0 atom stereocenters. The second-order valence-corrected chi connectivity index (χ2v) is 8.83. The number of thiazole rings is 1. The Labute approximate surface area is 200 Å². The maximum absolute atomic E-state index is 13.6. The zero-order chi connectivity index (χ0) is 24.7. The lowest BCUT2D eigenvalue weighted by atomic mass is 10.1. The molecular weight excluding hydrogens is 465 g/mol. The fourth-order valence-electron chi connectivity index (χ4n) is 3.13. The van der Waals surface area contributed by atoms with Crippen molar-refractivity contribution in [2.75, 3.05) is 26.0 Å². The minimum absolute atomic E-state index is 0.0437. The van der Waals surface area contributed by atoms with Crippen LogP contribution in [0.15, 0.2) is 42.0 Å². The van der Waals surface area contributed by atoms with Gasteiger partial charge in [-0.15, -0.1) is 11.3 Å². The number of rotatable bonds is 10. The number of carbonyl (C=O) groups is 1. The number of anilines is 2. The molecule has 6 nitrogen and oxygen atoms in total. The third kappa shape index (κ3) is 6.93. The molecule has 0 radical (unpaired) electrons. The van der Waals surface area contributed by atoms with Crippen LogP contribution in [0.1, 0.15) is 37.3 Å². The van der Waals surface area contributed by atoms with Gasteiger partial charge in [0.05, 0.1) is 24.3 Å². The van der Waals surface area contributed by atoms with Crippen LogP contribution in [-0.2, 0) is 17.4 Å². The zero-order valence-electron chi connectivity index (χ0n) is 19.3. The van der Waals surface area contributed by atoms with Crippen LogP contribution in [-0.4, -0.2) is 41.5 Å². The van der Waals surface area contributed by atoms with Crippen molar-refractivity contribution in [2.45, 2.75) is 38.8 Å². The fraction of sp³-hybridized carbons (Fsp3) is 0.375. The monoisotopic (exact) mass is 492 g/mol. The summed E-state index contributed by atoms with van der Waals surface area (Å²) in [5, 5.41) is 5.17. The molecule has 0 unspecified atom stereocenters. The first-order valence-corrected chi connectivity index (χ1v) is 11.8. The number of aromatic nitrogens is 2. The standard InChI is InChI=1S/C24H27F3N4O2S/c1-4-5-6-9-33-21-8-7-18(12-19(21)24(25,26)27)29-23-30-20(15-34-23)17-10-16(13-28-14-17)11-22(32)31(2)3/h7-8,10,12-15H,4-6,9,11H2,1-3H3,(H,29,30). The van der Waals surface area contributed by atoms with E-state index < -0.39 is 11.7 Å².